The first-order chi connectivity index (χ1) is 17.1. The van der Waals surface area contributed by atoms with E-state index >= 15 is 0 Å². The highest BCUT2D eigenvalue weighted by Crippen LogP contribution is 2.25. The molecule has 1 atom stereocenters. The number of aryl methyl sites for hydroxylation is 1. The fourth-order valence-corrected chi connectivity index (χ4v) is 4.59. The van der Waals surface area contributed by atoms with Gasteiger partial charge in [0.25, 0.3) is 0 Å². The van der Waals surface area contributed by atoms with Crippen molar-refractivity contribution in [3.05, 3.63) is 105 Å². The Morgan fingerprint density at radius 1 is 0.917 bits per heavy atom. The minimum atomic E-state index is -0.681. The van der Waals surface area contributed by atoms with Crippen molar-refractivity contribution < 1.29 is 9.59 Å². The van der Waals surface area contributed by atoms with Gasteiger partial charge in [0.15, 0.2) is 0 Å². The molecule has 0 fully saturated rings. The Morgan fingerprint density at radius 2 is 1.58 bits per heavy atom. The number of likely N-dealkylation sites (N-methyl/N-ethyl adjacent to an activating group) is 1. The first-order valence-electron chi connectivity index (χ1n) is 12.2. The van der Waals surface area contributed by atoms with Gasteiger partial charge in [-0.3, -0.25) is 9.59 Å². The molecule has 0 bridgehead atoms. The fraction of sp³-hybridized carbons (Fsp3) is 0.333. The molecule has 0 unspecified atom stereocenters. The first-order valence-corrected chi connectivity index (χ1v) is 12.9. The van der Waals surface area contributed by atoms with Crippen LogP contribution < -0.4 is 5.32 Å². The summed E-state index contributed by atoms with van der Waals surface area (Å²) in [4.78, 5) is 28.3. The molecule has 1 N–H and O–H groups in total. The molecule has 36 heavy (non-hydrogen) atoms. The smallest absolute Gasteiger partial charge is 0.242 e. The van der Waals surface area contributed by atoms with Crippen LogP contribution in [-0.2, 0) is 34.4 Å². The highest BCUT2D eigenvalue weighted by molar-refractivity contribution is 6.35. The van der Waals surface area contributed by atoms with E-state index in [4.69, 9.17) is 23.2 Å². The molecule has 0 saturated carbocycles. The van der Waals surface area contributed by atoms with Crippen LogP contribution in [0, 0.1) is 0 Å². The average Bonchev–Trinajstić information content (AvgIpc) is 2.85. The van der Waals surface area contributed by atoms with Gasteiger partial charge in [-0.1, -0.05) is 105 Å². The fourth-order valence-electron chi connectivity index (χ4n) is 4.12. The SMILES string of the molecule is CNC(=O)[C@H](Cc1ccccc1)N(Cc1ccc(Cl)cc1Cl)C(=O)CCc1ccc(C(C)(C)C)cc1. The Kier molecular flexibility index (Phi) is 9.58. The number of hydrogen-bond donors (Lipinski definition) is 1. The van der Waals surface area contributed by atoms with Crippen molar-refractivity contribution in [1.29, 1.82) is 0 Å². The maximum Gasteiger partial charge on any atom is 0.242 e. The van der Waals surface area contributed by atoms with Crippen LogP contribution in [0.5, 0.6) is 0 Å². The zero-order valence-corrected chi connectivity index (χ0v) is 22.9. The number of nitrogens with zero attached hydrogens (tertiary/aromatic N) is 1. The van der Waals surface area contributed by atoms with E-state index in [1.807, 2.05) is 30.3 Å². The number of carbonyl (C=O) groups is 2. The molecule has 0 radical (unpaired) electrons. The summed E-state index contributed by atoms with van der Waals surface area (Å²) in [6, 6.07) is 22.6. The molecule has 0 aliphatic rings. The molecule has 3 aromatic carbocycles. The Hall–Kier alpha value is -2.82. The molecule has 0 heterocycles. The van der Waals surface area contributed by atoms with Gasteiger partial charge in [0, 0.05) is 36.5 Å². The summed E-state index contributed by atoms with van der Waals surface area (Å²) in [5.74, 6) is -0.322. The molecule has 3 aromatic rings. The van der Waals surface area contributed by atoms with E-state index in [9.17, 15) is 9.59 Å². The third-order valence-corrected chi connectivity index (χ3v) is 6.91. The van der Waals surface area contributed by atoms with E-state index < -0.39 is 6.04 Å². The number of hydrogen-bond acceptors (Lipinski definition) is 2. The molecule has 6 heteroatoms. The number of nitrogens with one attached hydrogen (secondary N) is 1. The zero-order chi connectivity index (χ0) is 26.3. The third kappa shape index (κ3) is 7.59. The molecule has 0 spiro atoms. The maximum atomic E-state index is 13.7. The van der Waals surface area contributed by atoms with Gasteiger partial charge in [-0.05, 0) is 46.2 Å². The van der Waals surface area contributed by atoms with Crippen molar-refractivity contribution in [3.8, 4) is 0 Å². The summed E-state index contributed by atoms with van der Waals surface area (Å²) >= 11 is 12.5. The monoisotopic (exact) mass is 524 g/mol. The van der Waals surface area contributed by atoms with Crippen molar-refractivity contribution in [2.45, 2.75) is 58.0 Å². The molecule has 0 aliphatic carbocycles. The standard InChI is InChI=1S/C30H34Cl2N2O2/c1-30(2,3)24-14-10-21(11-15-24)12-17-28(35)34(20-23-13-16-25(31)19-26(23)32)27(29(36)33-4)18-22-8-6-5-7-9-22/h5-11,13-16,19,27H,12,17-18,20H2,1-4H3,(H,33,36)/t27-/m0/s1. The van der Waals surface area contributed by atoms with E-state index in [-0.39, 0.29) is 30.2 Å². The zero-order valence-electron chi connectivity index (χ0n) is 21.4. The van der Waals surface area contributed by atoms with Crippen LogP contribution in [0.25, 0.3) is 0 Å². The quantitative estimate of drug-likeness (QED) is 0.342. The van der Waals surface area contributed by atoms with Gasteiger partial charge in [-0.15, -0.1) is 0 Å². The van der Waals surface area contributed by atoms with Gasteiger partial charge in [0.1, 0.15) is 6.04 Å². The first kappa shape index (κ1) is 27.8. The Bertz CT molecular complexity index is 1170. The summed E-state index contributed by atoms with van der Waals surface area (Å²) in [7, 11) is 1.59. The second-order valence-corrected chi connectivity index (χ2v) is 10.9. The normalized spacial score (nSPS) is 12.2. The summed E-state index contributed by atoms with van der Waals surface area (Å²) in [5, 5.41) is 3.72. The van der Waals surface area contributed by atoms with Gasteiger partial charge >= 0.3 is 0 Å². The molecule has 0 aliphatic heterocycles. The lowest BCUT2D eigenvalue weighted by atomic mass is 9.86. The van der Waals surface area contributed by atoms with E-state index in [0.717, 1.165) is 16.7 Å². The number of benzene rings is 3. The molecular formula is C30H34Cl2N2O2. The molecule has 0 aromatic heterocycles. The van der Waals surface area contributed by atoms with E-state index in [1.165, 1.54) is 5.56 Å². The van der Waals surface area contributed by atoms with Crippen LogP contribution in [0.4, 0.5) is 0 Å². The lowest BCUT2D eigenvalue weighted by Gasteiger charge is -2.31. The average molecular weight is 526 g/mol. The molecule has 0 saturated heterocycles. The van der Waals surface area contributed by atoms with Gasteiger partial charge in [0.05, 0.1) is 0 Å². The predicted octanol–water partition coefficient (Wildman–Crippen LogP) is 6.61. The van der Waals surface area contributed by atoms with E-state index in [0.29, 0.717) is 22.9 Å². The molecular weight excluding hydrogens is 491 g/mol. The highest BCUT2D eigenvalue weighted by atomic mass is 35.5. The van der Waals surface area contributed by atoms with Crippen LogP contribution in [0.2, 0.25) is 10.0 Å². The number of halogens is 2. The van der Waals surface area contributed by atoms with Crippen molar-refractivity contribution in [3.63, 3.8) is 0 Å². The van der Waals surface area contributed by atoms with Gasteiger partial charge in [-0.25, -0.2) is 0 Å². The Labute approximate surface area is 224 Å². The van der Waals surface area contributed by atoms with Crippen molar-refractivity contribution >= 4 is 35.0 Å². The minimum Gasteiger partial charge on any atom is -0.357 e. The van der Waals surface area contributed by atoms with Crippen LogP contribution >= 0.6 is 23.2 Å². The van der Waals surface area contributed by atoms with Gasteiger partial charge in [-0.2, -0.15) is 0 Å². The van der Waals surface area contributed by atoms with Gasteiger partial charge < -0.3 is 10.2 Å². The van der Waals surface area contributed by atoms with Crippen molar-refractivity contribution in [2.24, 2.45) is 0 Å². The minimum absolute atomic E-state index is 0.0706. The molecule has 3 rings (SSSR count). The summed E-state index contributed by atoms with van der Waals surface area (Å²) < 4.78 is 0. The molecule has 4 nitrogen and oxygen atoms in total. The number of carbonyl (C=O) groups excluding carboxylic acids is 2. The molecule has 2 amide bonds. The second kappa shape index (κ2) is 12.4. The van der Waals surface area contributed by atoms with Crippen LogP contribution in [0.15, 0.2) is 72.8 Å². The summed E-state index contributed by atoms with van der Waals surface area (Å²) in [5.41, 5.74) is 4.12. The number of rotatable bonds is 9. The van der Waals surface area contributed by atoms with Gasteiger partial charge in [0.2, 0.25) is 11.8 Å². The molecule has 190 valence electrons. The predicted molar refractivity (Wildman–Crippen MR) is 148 cm³/mol. The van der Waals surface area contributed by atoms with Crippen LogP contribution in [0.1, 0.15) is 49.4 Å². The van der Waals surface area contributed by atoms with Crippen LogP contribution in [-0.4, -0.2) is 29.8 Å². The topological polar surface area (TPSA) is 49.4 Å². The maximum absolute atomic E-state index is 13.7. The Balaban J connectivity index is 1.87. The third-order valence-electron chi connectivity index (χ3n) is 6.32. The summed E-state index contributed by atoms with van der Waals surface area (Å²) in [6.45, 7) is 6.74. The van der Waals surface area contributed by atoms with Crippen molar-refractivity contribution in [2.75, 3.05) is 7.05 Å². The van der Waals surface area contributed by atoms with Crippen LogP contribution in [0.3, 0.4) is 0 Å². The lowest BCUT2D eigenvalue weighted by Crippen LogP contribution is -2.49. The van der Waals surface area contributed by atoms with E-state index in [1.54, 1.807) is 30.1 Å². The van der Waals surface area contributed by atoms with E-state index in [2.05, 4.69) is 50.4 Å². The second-order valence-electron chi connectivity index (χ2n) is 10.0. The number of amides is 2. The Morgan fingerprint density at radius 3 is 2.17 bits per heavy atom. The lowest BCUT2D eigenvalue weighted by molar-refractivity contribution is -0.141. The largest absolute Gasteiger partial charge is 0.357 e. The van der Waals surface area contributed by atoms with Crippen molar-refractivity contribution in [1.82, 2.24) is 10.2 Å². The highest BCUT2D eigenvalue weighted by Gasteiger charge is 2.30. The summed E-state index contributed by atoms with van der Waals surface area (Å²) in [6.07, 6.45) is 1.26.